The molecule has 19 heavy (non-hydrogen) atoms. The number of rotatable bonds is 5. The van der Waals surface area contributed by atoms with Crippen molar-refractivity contribution in [3.05, 3.63) is 27.4 Å². The smallest absolute Gasteiger partial charge is 0.145 e. The number of benzene rings is 1. The highest BCUT2D eigenvalue weighted by Gasteiger charge is 2.43. The van der Waals surface area contributed by atoms with Crippen LogP contribution in [-0.2, 0) is 4.74 Å². The van der Waals surface area contributed by atoms with Gasteiger partial charge >= 0.3 is 0 Å². The van der Waals surface area contributed by atoms with Gasteiger partial charge in [-0.3, -0.25) is 0 Å². The van der Waals surface area contributed by atoms with E-state index in [1.165, 1.54) is 12.1 Å². The first-order valence-corrected chi connectivity index (χ1v) is 7.31. The molecule has 0 radical (unpaired) electrons. The molecule has 0 aromatic heterocycles. The lowest BCUT2D eigenvalue weighted by atomic mass is 9.88. The average Bonchev–Trinajstić information content (AvgIpc) is 2.35. The third-order valence-electron chi connectivity index (χ3n) is 2.99. The van der Waals surface area contributed by atoms with Crippen molar-refractivity contribution in [3.63, 3.8) is 0 Å². The van der Waals surface area contributed by atoms with Gasteiger partial charge < -0.3 is 14.6 Å². The van der Waals surface area contributed by atoms with Crippen molar-refractivity contribution in [1.29, 1.82) is 0 Å². The van der Waals surface area contributed by atoms with Crippen LogP contribution in [0.3, 0.4) is 0 Å². The zero-order valence-electron chi connectivity index (χ0n) is 10.4. The summed E-state index contributed by atoms with van der Waals surface area (Å²) < 4.78 is 25.1. The van der Waals surface area contributed by atoms with Crippen LogP contribution in [0.4, 0.5) is 4.39 Å². The molecule has 0 saturated heterocycles. The Morgan fingerprint density at radius 1 is 1.53 bits per heavy atom. The number of aliphatic hydroxyl groups is 1. The summed E-state index contributed by atoms with van der Waals surface area (Å²) in [5.41, 5.74) is 0. The number of ether oxygens (including phenoxy) is 2. The van der Waals surface area contributed by atoms with Crippen LogP contribution in [0.5, 0.6) is 5.75 Å². The van der Waals surface area contributed by atoms with Gasteiger partial charge in [0, 0.05) is 19.1 Å². The number of halogens is 3. The molecule has 1 N–H and O–H groups in total. The first kappa shape index (κ1) is 15.0. The molecule has 1 fully saturated rings. The molecule has 0 amide bonds. The van der Waals surface area contributed by atoms with Crippen LogP contribution >= 0.6 is 27.5 Å². The summed E-state index contributed by atoms with van der Waals surface area (Å²) >= 11 is 8.94. The summed E-state index contributed by atoms with van der Waals surface area (Å²) in [6.45, 7) is 2.56. The molecule has 1 saturated carbocycles. The Bertz CT molecular complexity index is 458. The Morgan fingerprint density at radius 2 is 2.26 bits per heavy atom. The van der Waals surface area contributed by atoms with Crippen molar-refractivity contribution in [2.24, 2.45) is 0 Å². The van der Waals surface area contributed by atoms with Gasteiger partial charge in [-0.1, -0.05) is 18.5 Å². The van der Waals surface area contributed by atoms with E-state index in [2.05, 4.69) is 15.9 Å². The van der Waals surface area contributed by atoms with Gasteiger partial charge in [0.25, 0.3) is 0 Å². The molecular formula is C13H15BrClFO3. The molecule has 3 atom stereocenters. The van der Waals surface area contributed by atoms with E-state index in [1.54, 1.807) is 0 Å². The zero-order chi connectivity index (χ0) is 14.0. The molecule has 2 rings (SSSR count). The SMILES string of the molecule is CCCOC1C(O)CC1Oc1cc(F)c(Cl)cc1Br. The highest BCUT2D eigenvalue weighted by molar-refractivity contribution is 9.10. The van der Waals surface area contributed by atoms with Gasteiger partial charge in [0.2, 0.25) is 0 Å². The minimum atomic E-state index is -0.536. The van der Waals surface area contributed by atoms with E-state index in [4.69, 9.17) is 21.1 Å². The zero-order valence-corrected chi connectivity index (χ0v) is 12.7. The van der Waals surface area contributed by atoms with Gasteiger partial charge in [0.05, 0.1) is 15.6 Å². The maximum Gasteiger partial charge on any atom is 0.145 e. The molecule has 1 aromatic carbocycles. The van der Waals surface area contributed by atoms with Crippen molar-refractivity contribution in [2.75, 3.05) is 6.61 Å². The second-order valence-corrected chi connectivity index (χ2v) is 5.75. The highest BCUT2D eigenvalue weighted by Crippen LogP contribution is 2.35. The largest absolute Gasteiger partial charge is 0.486 e. The first-order valence-electron chi connectivity index (χ1n) is 6.13. The minimum absolute atomic E-state index is 0.0339. The molecule has 1 aliphatic carbocycles. The summed E-state index contributed by atoms with van der Waals surface area (Å²) in [6, 6.07) is 2.68. The maximum atomic E-state index is 13.4. The third kappa shape index (κ3) is 3.40. The number of hydrogen-bond acceptors (Lipinski definition) is 3. The van der Waals surface area contributed by atoms with Crippen molar-refractivity contribution in [3.8, 4) is 5.75 Å². The fraction of sp³-hybridized carbons (Fsp3) is 0.538. The summed E-state index contributed by atoms with van der Waals surface area (Å²) in [5, 5.41) is 9.67. The van der Waals surface area contributed by atoms with Crippen LogP contribution in [0, 0.1) is 5.82 Å². The summed E-state index contributed by atoms with van der Waals surface area (Å²) in [7, 11) is 0. The molecule has 6 heteroatoms. The molecule has 1 aliphatic rings. The first-order chi connectivity index (χ1) is 9.02. The fourth-order valence-corrected chi connectivity index (χ4v) is 2.64. The lowest BCUT2D eigenvalue weighted by Gasteiger charge is -2.41. The Hall–Kier alpha value is -0.360. The lowest BCUT2D eigenvalue weighted by molar-refractivity contribution is -0.162. The quantitative estimate of drug-likeness (QED) is 0.823. The summed E-state index contributed by atoms with van der Waals surface area (Å²) in [6.07, 6.45) is 0.205. The molecule has 1 aromatic rings. The third-order valence-corrected chi connectivity index (χ3v) is 3.90. The van der Waals surface area contributed by atoms with Gasteiger partial charge in [-0.15, -0.1) is 0 Å². The molecule has 3 unspecified atom stereocenters. The predicted molar refractivity (Wildman–Crippen MR) is 74.2 cm³/mol. The van der Waals surface area contributed by atoms with E-state index in [-0.39, 0.29) is 17.2 Å². The van der Waals surface area contributed by atoms with Gasteiger partial charge in [-0.2, -0.15) is 0 Å². The van der Waals surface area contributed by atoms with Crippen molar-refractivity contribution < 1.29 is 19.0 Å². The molecule has 0 heterocycles. The monoisotopic (exact) mass is 352 g/mol. The van der Waals surface area contributed by atoms with Gasteiger partial charge in [-0.25, -0.2) is 4.39 Å². The van der Waals surface area contributed by atoms with Crippen LogP contribution in [0.15, 0.2) is 16.6 Å². The van der Waals surface area contributed by atoms with Crippen LogP contribution in [0.25, 0.3) is 0 Å². The second-order valence-electron chi connectivity index (χ2n) is 4.49. The Morgan fingerprint density at radius 3 is 2.89 bits per heavy atom. The molecule has 3 nitrogen and oxygen atoms in total. The van der Waals surface area contributed by atoms with Gasteiger partial charge in [0.15, 0.2) is 0 Å². The van der Waals surface area contributed by atoms with Gasteiger partial charge in [-0.05, 0) is 28.4 Å². The Balaban J connectivity index is 2.03. The average molecular weight is 354 g/mol. The molecule has 0 spiro atoms. The normalized spacial score (nSPS) is 26.1. The predicted octanol–water partition coefficient (Wildman–Crippen LogP) is 3.55. The lowest BCUT2D eigenvalue weighted by Crippen LogP contribution is -2.55. The second kappa shape index (κ2) is 6.39. The fourth-order valence-electron chi connectivity index (χ4n) is 1.90. The van der Waals surface area contributed by atoms with E-state index in [1.807, 2.05) is 6.92 Å². The summed E-state index contributed by atoms with van der Waals surface area (Å²) in [4.78, 5) is 0. The maximum absolute atomic E-state index is 13.4. The molecule has 0 bridgehead atoms. The minimum Gasteiger partial charge on any atom is -0.486 e. The highest BCUT2D eigenvalue weighted by atomic mass is 79.9. The molecule has 0 aliphatic heterocycles. The molecule has 106 valence electrons. The van der Waals surface area contributed by atoms with Crippen LogP contribution in [-0.4, -0.2) is 30.0 Å². The van der Waals surface area contributed by atoms with E-state index >= 15 is 0 Å². The van der Waals surface area contributed by atoms with Gasteiger partial charge in [0.1, 0.15) is 23.8 Å². The van der Waals surface area contributed by atoms with E-state index in [9.17, 15) is 9.50 Å². The van der Waals surface area contributed by atoms with E-state index in [0.717, 1.165) is 6.42 Å². The standard InChI is InChI=1S/C13H15BrClFO3/c1-2-3-18-13-10(17)6-12(13)19-11-5-9(16)8(15)4-7(11)14/h4-5,10,12-13,17H,2-3,6H2,1H3. The molecular weight excluding hydrogens is 338 g/mol. The summed E-state index contributed by atoms with van der Waals surface area (Å²) in [5.74, 6) is -0.172. The van der Waals surface area contributed by atoms with Crippen molar-refractivity contribution >= 4 is 27.5 Å². The number of aliphatic hydroxyl groups excluding tert-OH is 1. The van der Waals surface area contributed by atoms with E-state index < -0.39 is 11.9 Å². The van der Waals surface area contributed by atoms with Crippen LogP contribution < -0.4 is 4.74 Å². The Labute approximate surface area is 124 Å². The van der Waals surface area contributed by atoms with Crippen molar-refractivity contribution in [2.45, 2.75) is 38.1 Å². The topological polar surface area (TPSA) is 38.7 Å². The van der Waals surface area contributed by atoms with Crippen LogP contribution in [0.2, 0.25) is 5.02 Å². The van der Waals surface area contributed by atoms with Crippen molar-refractivity contribution in [1.82, 2.24) is 0 Å². The van der Waals surface area contributed by atoms with Crippen LogP contribution in [0.1, 0.15) is 19.8 Å². The Kier molecular flexibility index (Phi) is 5.06. The van der Waals surface area contributed by atoms with E-state index in [0.29, 0.717) is 23.2 Å². The number of hydrogen-bond donors (Lipinski definition) is 1.